The van der Waals surface area contributed by atoms with E-state index >= 15 is 0 Å². The number of non-ortho nitro benzene ring substituents is 1. The fourth-order valence-corrected chi connectivity index (χ4v) is 1.94. The minimum absolute atomic E-state index is 0.136. The number of hydrogen-bond donors (Lipinski definition) is 2. The van der Waals surface area contributed by atoms with Crippen LogP contribution < -0.4 is 5.73 Å². The molecular formula is C15H13N3O4. The molecular weight excluding hydrogens is 286 g/mol. The topological polar surface area (TPSA) is 119 Å². The van der Waals surface area contributed by atoms with Gasteiger partial charge in [0.15, 0.2) is 0 Å². The quantitative estimate of drug-likeness (QED) is 0.379. The number of nitrogens with two attached hydrogens (primary N) is 1. The van der Waals surface area contributed by atoms with E-state index in [1.54, 1.807) is 30.3 Å². The third-order valence-corrected chi connectivity index (χ3v) is 2.92. The number of benzene rings is 2. The minimum Gasteiger partial charge on any atom is -0.480 e. The van der Waals surface area contributed by atoms with Crippen LogP contribution in [0.1, 0.15) is 11.1 Å². The number of nitro benzene ring substituents is 1. The molecule has 0 aromatic heterocycles. The fourth-order valence-electron chi connectivity index (χ4n) is 1.94. The number of hydrogen-bond acceptors (Lipinski definition) is 5. The summed E-state index contributed by atoms with van der Waals surface area (Å²) in [5.41, 5.74) is 7.32. The molecule has 0 spiro atoms. The molecule has 0 aliphatic heterocycles. The van der Waals surface area contributed by atoms with Crippen LogP contribution in [0.3, 0.4) is 0 Å². The summed E-state index contributed by atoms with van der Waals surface area (Å²) in [6.45, 7) is -0.452. The number of carboxylic acid groups (broad SMARTS) is 1. The van der Waals surface area contributed by atoms with Crippen LogP contribution in [0.15, 0.2) is 53.5 Å². The van der Waals surface area contributed by atoms with Crippen molar-refractivity contribution in [2.45, 2.75) is 0 Å². The zero-order chi connectivity index (χ0) is 16.1. The number of nitro groups is 1. The summed E-state index contributed by atoms with van der Waals surface area (Å²) in [5, 5.41) is 19.7. The Labute approximate surface area is 125 Å². The Bertz CT molecular complexity index is 742. The largest absolute Gasteiger partial charge is 0.480 e. The Morgan fingerprint density at radius 1 is 1.23 bits per heavy atom. The maximum atomic E-state index is 10.9. The average Bonchev–Trinajstić information content (AvgIpc) is 2.49. The molecule has 0 aliphatic rings. The lowest BCUT2D eigenvalue weighted by atomic mass is 10.00. The zero-order valence-electron chi connectivity index (χ0n) is 11.5. The molecule has 0 saturated carbocycles. The van der Waals surface area contributed by atoms with Crippen molar-refractivity contribution >= 4 is 23.1 Å². The van der Waals surface area contributed by atoms with Gasteiger partial charge in [0, 0.05) is 28.9 Å². The normalized spacial score (nSPS) is 11.2. The molecule has 0 aliphatic carbocycles. The number of anilines is 1. The van der Waals surface area contributed by atoms with Crippen molar-refractivity contribution in [3.63, 3.8) is 0 Å². The van der Waals surface area contributed by atoms with E-state index in [0.717, 1.165) is 0 Å². The molecule has 0 bridgehead atoms. The monoisotopic (exact) mass is 299 g/mol. The van der Waals surface area contributed by atoms with Crippen molar-refractivity contribution in [2.24, 2.45) is 4.99 Å². The molecule has 22 heavy (non-hydrogen) atoms. The van der Waals surface area contributed by atoms with E-state index in [0.29, 0.717) is 22.5 Å². The van der Waals surface area contributed by atoms with Gasteiger partial charge in [0.2, 0.25) is 0 Å². The van der Waals surface area contributed by atoms with Crippen LogP contribution in [0, 0.1) is 10.1 Å². The first-order valence-corrected chi connectivity index (χ1v) is 6.35. The highest BCUT2D eigenvalue weighted by Gasteiger charge is 2.15. The van der Waals surface area contributed by atoms with Crippen LogP contribution in [-0.4, -0.2) is 28.3 Å². The van der Waals surface area contributed by atoms with Crippen molar-refractivity contribution in [3.8, 4) is 0 Å². The van der Waals surface area contributed by atoms with E-state index in [2.05, 4.69) is 4.99 Å². The molecule has 0 amide bonds. The van der Waals surface area contributed by atoms with Gasteiger partial charge >= 0.3 is 5.97 Å². The van der Waals surface area contributed by atoms with Gasteiger partial charge in [-0.15, -0.1) is 0 Å². The van der Waals surface area contributed by atoms with Gasteiger partial charge in [-0.1, -0.05) is 30.3 Å². The number of aliphatic carboxylic acids is 1. The van der Waals surface area contributed by atoms with E-state index in [4.69, 9.17) is 10.8 Å². The molecule has 3 N–H and O–H groups in total. The first kappa shape index (κ1) is 15.2. The van der Waals surface area contributed by atoms with Crippen LogP contribution >= 0.6 is 0 Å². The number of carbonyl (C=O) groups is 1. The van der Waals surface area contributed by atoms with E-state index in [1.165, 1.54) is 18.2 Å². The van der Waals surface area contributed by atoms with Crippen LogP contribution in [0.4, 0.5) is 11.4 Å². The smallest absolute Gasteiger partial charge is 0.325 e. The lowest BCUT2D eigenvalue weighted by Crippen LogP contribution is -2.11. The Morgan fingerprint density at radius 2 is 1.91 bits per heavy atom. The summed E-state index contributed by atoms with van der Waals surface area (Å²) in [7, 11) is 0. The second-order valence-electron chi connectivity index (χ2n) is 4.45. The Kier molecular flexibility index (Phi) is 4.47. The standard InChI is InChI=1S/C15H13N3O4/c16-13-7-6-11(18(21)22)8-12(13)15(17-9-14(19)20)10-4-2-1-3-5-10/h1-8H,9,16H2,(H,19,20). The number of aliphatic imine (C=N–C) groups is 1. The third kappa shape index (κ3) is 3.45. The number of carboxylic acids is 1. The third-order valence-electron chi connectivity index (χ3n) is 2.92. The second-order valence-corrected chi connectivity index (χ2v) is 4.45. The van der Waals surface area contributed by atoms with E-state index in [1.807, 2.05) is 0 Å². The molecule has 7 nitrogen and oxygen atoms in total. The molecule has 0 fully saturated rings. The van der Waals surface area contributed by atoms with Crippen molar-refractivity contribution < 1.29 is 14.8 Å². The number of nitrogen functional groups attached to an aromatic ring is 1. The molecule has 0 radical (unpaired) electrons. The number of nitrogens with zero attached hydrogens (tertiary/aromatic N) is 2. The highest BCUT2D eigenvalue weighted by atomic mass is 16.6. The highest BCUT2D eigenvalue weighted by molar-refractivity contribution is 6.16. The van der Waals surface area contributed by atoms with Gasteiger partial charge in [0.1, 0.15) is 6.54 Å². The second kappa shape index (κ2) is 6.49. The fraction of sp³-hybridized carbons (Fsp3) is 0.0667. The van der Waals surface area contributed by atoms with Gasteiger partial charge in [0.25, 0.3) is 5.69 Å². The molecule has 2 rings (SSSR count). The van der Waals surface area contributed by atoms with Gasteiger partial charge in [-0.3, -0.25) is 19.9 Å². The molecule has 7 heteroatoms. The summed E-state index contributed by atoms with van der Waals surface area (Å²) in [6.07, 6.45) is 0. The SMILES string of the molecule is Nc1ccc([N+](=O)[O-])cc1C(=NCC(=O)O)c1ccccc1. The predicted octanol–water partition coefficient (Wildman–Crippen LogP) is 2.10. The Hall–Kier alpha value is -3.22. The molecule has 0 unspecified atom stereocenters. The summed E-state index contributed by atoms with van der Waals surface area (Å²) >= 11 is 0. The Morgan fingerprint density at radius 3 is 2.50 bits per heavy atom. The van der Waals surface area contributed by atoms with Crippen LogP contribution in [0.5, 0.6) is 0 Å². The highest BCUT2D eigenvalue weighted by Crippen LogP contribution is 2.23. The van der Waals surface area contributed by atoms with Gasteiger partial charge < -0.3 is 10.8 Å². The first-order chi connectivity index (χ1) is 10.5. The molecule has 2 aromatic rings. The maximum absolute atomic E-state index is 10.9. The first-order valence-electron chi connectivity index (χ1n) is 6.35. The van der Waals surface area contributed by atoms with Crippen LogP contribution in [0.2, 0.25) is 0 Å². The van der Waals surface area contributed by atoms with Crippen LogP contribution in [0.25, 0.3) is 0 Å². The van der Waals surface area contributed by atoms with E-state index < -0.39 is 17.4 Å². The van der Waals surface area contributed by atoms with E-state index in [-0.39, 0.29) is 5.69 Å². The Balaban J connectivity index is 2.59. The van der Waals surface area contributed by atoms with Crippen molar-refractivity contribution in [1.29, 1.82) is 0 Å². The molecule has 0 atom stereocenters. The summed E-state index contributed by atoms with van der Waals surface area (Å²) in [5.74, 6) is -1.10. The van der Waals surface area contributed by atoms with Gasteiger partial charge in [-0.2, -0.15) is 0 Å². The molecule has 0 heterocycles. The summed E-state index contributed by atoms with van der Waals surface area (Å²) < 4.78 is 0. The van der Waals surface area contributed by atoms with E-state index in [9.17, 15) is 14.9 Å². The zero-order valence-corrected chi connectivity index (χ0v) is 11.5. The summed E-state index contributed by atoms with van der Waals surface area (Å²) in [6, 6.07) is 12.8. The lowest BCUT2D eigenvalue weighted by Gasteiger charge is -2.10. The van der Waals surface area contributed by atoms with Crippen molar-refractivity contribution in [1.82, 2.24) is 0 Å². The van der Waals surface area contributed by atoms with Gasteiger partial charge in [-0.25, -0.2) is 0 Å². The minimum atomic E-state index is -1.10. The van der Waals surface area contributed by atoms with Crippen molar-refractivity contribution in [2.75, 3.05) is 12.3 Å². The number of rotatable bonds is 5. The lowest BCUT2D eigenvalue weighted by molar-refractivity contribution is -0.384. The molecule has 112 valence electrons. The predicted molar refractivity (Wildman–Crippen MR) is 82.1 cm³/mol. The van der Waals surface area contributed by atoms with Gasteiger partial charge in [-0.05, 0) is 6.07 Å². The molecule has 2 aromatic carbocycles. The van der Waals surface area contributed by atoms with Crippen molar-refractivity contribution in [3.05, 3.63) is 69.8 Å². The average molecular weight is 299 g/mol. The van der Waals surface area contributed by atoms with Crippen LogP contribution in [-0.2, 0) is 4.79 Å². The summed E-state index contributed by atoms with van der Waals surface area (Å²) in [4.78, 5) is 25.2. The molecule has 0 saturated heterocycles. The van der Waals surface area contributed by atoms with Gasteiger partial charge in [0.05, 0.1) is 10.6 Å². The maximum Gasteiger partial charge on any atom is 0.325 e.